The summed E-state index contributed by atoms with van der Waals surface area (Å²) in [7, 11) is 0. The first-order valence-electron chi connectivity index (χ1n) is 8.13. The van der Waals surface area contributed by atoms with Gasteiger partial charge in [0.25, 0.3) is 0 Å². The number of ketones is 2. The number of para-hydroxylation sites is 1. The Morgan fingerprint density at radius 3 is 2.39 bits per heavy atom. The summed E-state index contributed by atoms with van der Waals surface area (Å²) in [5, 5.41) is 9.12. The van der Waals surface area contributed by atoms with Crippen LogP contribution in [-0.4, -0.2) is 27.2 Å². The second-order valence-corrected chi connectivity index (χ2v) is 6.50. The highest BCUT2D eigenvalue weighted by molar-refractivity contribution is 6.37. The van der Waals surface area contributed by atoms with E-state index in [0.29, 0.717) is 11.1 Å². The third kappa shape index (κ3) is 3.84. The fourth-order valence-corrected chi connectivity index (χ4v) is 3.12. The van der Waals surface area contributed by atoms with Gasteiger partial charge in [0.2, 0.25) is 5.78 Å². The van der Waals surface area contributed by atoms with E-state index in [9.17, 15) is 23.6 Å². The maximum atomic E-state index is 13.2. The molecular formula is C20H13ClFNO5. The Balaban J connectivity index is 2.15. The largest absolute Gasteiger partial charge is 0.475 e. The molecule has 28 heavy (non-hydrogen) atoms. The zero-order valence-corrected chi connectivity index (χ0v) is 15.1. The van der Waals surface area contributed by atoms with Crippen LogP contribution in [0.5, 0.6) is 0 Å². The van der Waals surface area contributed by atoms with Crippen LogP contribution in [0, 0.1) is 5.82 Å². The van der Waals surface area contributed by atoms with E-state index in [-0.39, 0.29) is 22.5 Å². The van der Waals surface area contributed by atoms with Crippen molar-refractivity contribution in [2.24, 2.45) is 0 Å². The summed E-state index contributed by atoms with van der Waals surface area (Å²) < 4.78 is 14.7. The van der Waals surface area contributed by atoms with Gasteiger partial charge in [0.1, 0.15) is 5.82 Å². The molecule has 0 atom stereocenters. The predicted molar refractivity (Wildman–Crippen MR) is 100 cm³/mol. The van der Waals surface area contributed by atoms with E-state index < -0.39 is 35.2 Å². The molecule has 0 radical (unpaired) electrons. The van der Waals surface area contributed by atoms with Gasteiger partial charge in [-0.15, -0.1) is 0 Å². The highest BCUT2D eigenvalue weighted by atomic mass is 35.5. The molecule has 0 unspecified atom stereocenters. The van der Waals surface area contributed by atoms with Gasteiger partial charge in [-0.2, -0.15) is 0 Å². The number of hydrogen-bond acceptors (Lipinski definition) is 4. The quantitative estimate of drug-likeness (QED) is 0.389. The summed E-state index contributed by atoms with van der Waals surface area (Å²) in [4.78, 5) is 47.2. The molecule has 0 aliphatic carbocycles. The minimum absolute atomic E-state index is 0.156. The highest BCUT2D eigenvalue weighted by Crippen LogP contribution is 2.23. The molecule has 1 aromatic heterocycles. The van der Waals surface area contributed by atoms with Crippen LogP contribution in [0.3, 0.4) is 0 Å². The molecule has 1 N–H and O–H groups in total. The van der Waals surface area contributed by atoms with E-state index >= 15 is 0 Å². The minimum atomic E-state index is -1.75. The number of halogens is 2. The van der Waals surface area contributed by atoms with Crippen molar-refractivity contribution in [3.63, 3.8) is 0 Å². The Bertz CT molecular complexity index is 1170. The maximum Gasteiger partial charge on any atom is 0.372 e. The number of carbonyl (C=O) groups excluding carboxylic acids is 2. The standard InChI is InChI=1S/C20H13ClFNO5/c21-15-3-1-2-13-18(15)23(9-11-4-6-12(22)7-5-11)10-14(19(13)26)16(24)8-17(25)20(27)28/h1-7,10H,8-9H2,(H,27,28). The molecule has 0 fully saturated rings. The number of hydrogen-bond donors (Lipinski definition) is 1. The summed E-state index contributed by atoms with van der Waals surface area (Å²) in [5.41, 5.74) is 0.105. The van der Waals surface area contributed by atoms with E-state index in [4.69, 9.17) is 16.7 Å². The van der Waals surface area contributed by atoms with E-state index in [1.165, 1.54) is 24.4 Å². The molecule has 3 aromatic rings. The molecule has 8 heteroatoms. The Hall–Kier alpha value is -3.32. The van der Waals surface area contributed by atoms with Gasteiger partial charge in [-0.05, 0) is 29.8 Å². The molecule has 142 valence electrons. The maximum absolute atomic E-state index is 13.2. The zero-order valence-electron chi connectivity index (χ0n) is 14.3. The van der Waals surface area contributed by atoms with Crippen LogP contribution in [0.4, 0.5) is 4.39 Å². The van der Waals surface area contributed by atoms with Crippen LogP contribution in [0.25, 0.3) is 10.9 Å². The number of pyridine rings is 1. The van der Waals surface area contributed by atoms with Crippen molar-refractivity contribution in [2.75, 3.05) is 0 Å². The summed E-state index contributed by atoms with van der Waals surface area (Å²) >= 11 is 6.25. The van der Waals surface area contributed by atoms with E-state index in [0.717, 1.165) is 0 Å². The number of Topliss-reactive ketones (excluding diaryl/α,β-unsaturated/α-hetero) is 2. The molecule has 0 bridgehead atoms. The zero-order chi connectivity index (χ0) is 20.4. The highest BCUT2D eigenvalue weighted by Gasteiger charge is 2.22. The average Bonchev–Trinajstić information content (AvgIpc) is 2.65. The number of carbonyl (C=O) groups is 3. The Morgan fingerprint density at radius 2 is 1.75 bits per heavy atom. The molecule has 0 saturated heterocycles. The first-order valence-corrected chi connectivity index (χ1v) is 8.51. The minimum Gasteiger partial charge on any atom is -0.475 e. The van der Waals surface area contributed by atoms with Gasteiger partial charge in [-0.1, -0.05) is 29.8 Å². The number of aliphatic carboxylic acids is 1. The number of carboxylic acids is 1. The molecular weight excluding hydrogens is 389 g/mol. The number of benzene rings is 2. The van der Waals surface area contributed by atoms with Gasteiger partial charge in [0, 0.05) is 18.1 Å². The van der Waals surface area contributed by atoms with Crippen LogP contribution in [0.15, 0.2) is 53.5 Å². The van der Waals surface area contributed by atoms with Gasteiger partial charge in [0.15, 0.2) is 11.2 Å². The molecule has 0 spiro atoms. The van der Waals surface area contributed by atoms with Gasteiger partial charge < -0.3 is 9.67 Å². The lowest BCUT2D eigenvalue weighted by atomic mass is 10.0. The molecule has 1 heterocycles. The monoisotopic (exact) mass is 401 g/mol. The third-order valence-corrected chi connectivity index (χ3v) is 4.48. The van der Waals surface area contributed by atoms with Gasteiger partial charge >= 0.3 is 5.97 Å². The lowest BCUT2D eigenvalue weighted by Crippen LogP contribution is -2.24. The Labute approximate surface area is 162 Å². The lowest BCUT2D eigenvalue weighted by molar-refractivity contribution is -0.148. The van der Waals surface area contributed by atoms with Crippen molar-refractivity contribution in [1.82, 2.24) is 4.57 Å². The first-order chi connectivity index (χ1) is 13.3. The normalized spacial score (nSPS) is 10.8. The van der Waals surface area contributed by atoms with Crippen molar-refractivity contribution in [3.05, 3.63) is 80.9 Å². The van der Waals surface area contributed by atoms with Crippen LogP contribution in [0.1, 0.15) is 22.3 Å². The van der Waals surface area contributed by atoms with Crippen molar-refractivity contribution in [1.29, 1.82) is 0 Å². The average molecular weight is 402 g/mol. The lowest BCUT2D eigenvalue weighted by Gasteiger charge is -2.14. The molecule has 0 aliphatic heterocycles. The van der Waals surface area contributed by atoms with Crippen molar-refractivity contribution in [2.45, 2.75) is 13.0 Å². The molecule has 0 amide bonds. The second-order valence-electron chi connectivity index (χ2n) is 6.09. The van der Waals surface area contributed by atoms with Crippen LogP contribution in [-0.2, 0) is 16.1 Å². The summed E-state index contributed by atoms with van der Waals surface area (Å²) in [6.07, 6.45) is 0.324. The van der Waals surface area contributed by atoms with Gasteiger partial charge in [-0.25, -0.2) is 9.18 Å². The smallest absolute Gasteiger partial charge is 0.372 e. The summed E-state index contributed by atoms with van der Waals surface area (Å²) in [5.74, 6) is -4.36. The number of aromatic nitrogens is 1. The predicted octanol–water partition coefficient (Wildman–Crippen LogP) is 3.07. The third-order valence-electron chi connectivity index (χ3n) is 4.17. The fourth-order valence-electron chi connectivity index (χ4n) is 2.84. The molecule has 6 nitrogen and oxygen atoms in total. The Morgan fingerprint density at radius 1 is 1.07 bits per heavy atom. The fraction of sp³-hybridized carbons (Fsp3) is 0.100. The van der Waals surface area contributed by atoms with Gasteiger partial charge in [0.05, 0.1) is 22.5 Å². The van der Waals surface area contributed by atoms with Crippen molar-refractivity contribution < 1.29 is 23.9 Å². The van der Waals surface area contributed by atoms with E-state index in [1.54, 1.807) is 28.8 Å². The molecule has 0 saturated carbocycles. The summed E-state index contributed by atoms with van der Waals surface area (Å²) in [6.45, 7) is 0.175. The van der Waals surface area contributed by atoms with Crippen molar-refractivity contribution >= 4 is 40.0 Å². The van der Waals surface area contributed by atoms with Crippen LogP contribution in [0.2, 0.25) is 5.02 Å². The number of rotatable bonds is 6. The second kappa shape index (κ2) is 7.74. The van der Waals surface area contributed by atoms with Crippen LogP contribution >= 0.6 is 11.6 Å². The first kappa shape index (κ1) is 19.4. The Kier molecular flexibility index (Phi) is 5.37. The van der Waals surface area contributed by atoms with E-state index in [2.05, 4.69) is 0 Å². The number of nitrogens with zero attached hydrogens (tertiary/aromatic N) is 1. The van der Waals surface area contributed by atoms with Crippen molar-refractivity contribution in [3.8, 4) is 0 Å². The molecule has 3 rings (SSSR count). The molecule has 2 aromatic carbocycles. The molecule has 0 aliphatic rings. The van der Waals surface area contributed by atoms with Crippen LogP contribution < -0.4 is 5.43 Å². The number of fused-ring (bicyclic) bond motifs is 1. The topological polar surface area (TPSA) is 93.4 Å². The number of carboxylic acid groups (broad SMARTS) is 1. The van der Waals surface area contributed by atoms with Gasteiger partial charge in [-0.3, -0.25) is 14.4 Å². The van der Waals surface area contributed by atoms with E-state index in [1.807, 2.05) is 0 Å². The SMILES string of the molecule is O=C(O)C(=O)CC(=O)c1cn(Cc2ccc(F)cc2)c2c(Cl)cccc2c1=O. The summed E-state index contributed by atoms with van der Waals surface area (Å²) in [6, 6.07) is 10.3.